The van der Waals surface area contributed by atoms with Crippen LogP contribution in [-0.4, -0.2) is 29.2 Å². The molecule has 0 radical (unpaired) electrons. The number of aromatic nitrogens is 2. The van der Waals surface area contributed by atoms with E-state index in [1.165, 1.54) is 11.8 Å². The van der Waals surface area contributed by atoms with Gasteiger partial charge in [-0.25, -0.2) is 9.97 Å². The van der Waals surface area contributed by atoms with Gasteiger partial charge in [-0.15, -0.1) is 0 Å². The van der Waals surface area contributed by atoms with Crippen molar-refractivity contribution in [1.82, 2.24) is 9.97 Å². The summed E-state index contributed by atoms with van der Waals surface area (Å²) in [5, 5.41) is 0.784. The normalized spacial score (nSPS) is 10.5. The number of carbonyl (C=O) groups excluding carboxylic acids is 1. The van der Waals surface area contributed by atoms with Crippen LogP contribution in [-0.2, 0) is 11.2 Å². The zero-order chi connectivity index (χ0) is 16.1. The molecule has 0 spiro atoms. The van der Waals surface area contributed by atoms with Gasteiger partial charge in [0.05, 0.1) is 0 Å². The van der Waals surface area contributed by atoms with Crippen LogP contribution in [0.15, 0.2) is 35.5 Å². The third-order valence-electron chi connectivity index (χ3n) is 3.69. The van der Waals surface area contributed by atoms with Crippen molar-refractivity contribution in [3.63, 3.8) is 0 Å². The van der Waals surface area contributed by atoms with Crippen LogP contribution >= 0.6 is 11.8 Å². The minimum atomic E-state index is 0.0962. The molecule has 4 nitrogen and oxygen atoms in total. The lowest BCUT2D eigenvalue weighted by Crippen LogP contribution is -2.26. The summed E-state index contributed by atoms with van der Waals surface area (Å²) in [7, 11) is 1.81. The number of carbonyl (C=O) groups is 1. The van der Waals surface area contributed by atoms with Crippen LogP contribution < -0.4 is 4.90 Å². The molecule has 22 heavy (non-hydrogen) atoms. The van der Waals surface area contributed by atoms with Crippen LogP contribution in [0.4, 0.5) is 5.69 Å². The van der Waals surface area contributed by atoms with Crippen molar-refractivity contribution >= 4 is 23.4 Å². The van der Waals surface area contributed by atoms with Crippen LogP contribution in [0.2, 0.25) is 0 Å². The number of benzene rings is 1. The second-order valence-electron chi connectivity index (χ2n) is 5.15. The van der Waals surface area contributed by atoms with Gasteiger partial charge in [-0.3, -0.25) is 4.79 Å². The van der Waals surface area contributed by atoms with E-state index >= 15 is 0 Å². The van der Waals surface area contributed by atoms with Gasteiger partial charge < -0.3 is 4.90 Å². The molecule has 0 N–H and O–H groups in total. The third-order valence-corrected chi connectivity index (χ3v) is 4.24. The van der Waals surface area contributed by atoms with Crippen molar-refractivity contribution in [3.05, 3.63) is 47.3 Å². The minimum absolute atomic E-state index is 0.0962. The van der Waals surface area contributed by atoms with E-state index in [0.29, 0.717) is 12.8 Å². The van der Waals surface area contributed by atoms with Crippen LogP contribution in [0.1, 0.15) is 23.4 Å². The summed E-state index contributed by atoms with van der Waals surface area (Å²) in [4.78, 5) is 23.0. The molecule has 0 unspecified atom stereocenters. The van der Waals surface area contributed by atoms with Crippen molar-refractivity contribution in [2.45, 2.75) is 31.8 Å². The molecule has 0 aliphatic rings. The number of hydrogen-bond donors (Lipinski definition) is 0. The lowest BCUT2D eigenvalue weighted by molar-refractivity contribution is -0.118. The van der Waals surface area contributed by atoms with Crippen LogP contribution in [0.5, 0.6) is 0 Å². The third kappa shape index (κ3) is 3.85. The van der Waals surface area contributed by atoms with Crippen molar-refractivity contribution in [1.29, 1.82) is 0 Å². The quantitative estimate of drug-likeness (QED) is 0.626. The lowest BCUT2D eigenvalue weighted by Gasteiger charge is -2.18. The first kappa shape index (κ1) is 16.5. The summed E-state index contributed by atoms with van der Waals surface area (Å²) in [6.07, 6.45) is 3.09. The number of nitrogens with zero attached hydrogens (tertiary/aromatic N) is 3. The van der Waals surface area contributed by atoms with Gasteiger partial charge in [0.1, 0.15) is 0 Å². The van der Waals surface area contributed by atoms with E-state index in [4.69, 9.17) is 0 Å². The van der Waals surface area contributed by atoms with Gasteiger partial charge in [-0.05, 0) is 44.2 Å². The smallest absolute Gasteiger partial charge is 0.227 e. The number of aryl methyl sites for hydroxylation is 2. The van der Waals surface area contributed by atoms with E-state index in [9.17, 15) is 4.79 Å². The Morgan fingerprint density at radius 3 is 2.27 bits per heavy atom. The molecule has 0 aliphatic heterocycles. The maximum absolute atomic E-state index is 12.3. The Kier molecular flexibility index (Phi) is 5.55. The fraction of sp³-hybridized carbons (Fsp3) is 0.353. The molecule has 0 atom stereocenters. The molecule has 2 aromatic rings. The zero-order valence-corrected chi connectivity index (χ0v) is 14.3. The number of anilines is 1. The Morgan fingerprint density at radius 2 is 1.73 bits per heavy atom. The van der Waals surface area contributed by atoms with Gasteiger partial charge in [0.2, 0.25) is 5.91 Å². The molecule has 1 aromatic heterocycles. The highest BCUT2D eigenvalue weighted by molar-refractivity contribution is 7.98. The second kappa shape index (κ2) is 7.40. The molecule has 0 saturated carbocycles. The molecule has 5 heteroatoms. The number of rotatable bonds is 5. The molecule has 0 fully saturated rings. The molecule has 0 aliphatic carbocycles. The van der Waals surface area contributed by atoms with E-state index in [-0.39, 0.29) is 5.91 Å². The van der Waals surface area contributed by atoms with Crippen molar-refractivity contribution in [3.8, 4) is 0 Å². The molecule has 1 amide bonds. The molecule has 116 valence electrons. The summed E-state index contributed by atoms with van der Waals surface area (Å²) in [6.45, 7) is 3.96. The molecule has 0 saturated heterocycles. The average Bonchev–Trinajstić information content (AvgIpc) is 2.53. The second-order valence-corrected chi connectivity index (χ2v) is 5.92. The average molecular weight is 315 g/mol. The Morgan fingerprint density at radius 1 is 1.14 bits per heavy atom. The van der Waals surface area contributed by atoms with Crippen molar-refractivity contribution in [2.75, 3.05) is 18.2 Å². The Hall–Kier alpha value is -1.88. The van der Waals surface area contributed by atoms with Gasteiger partial charge in [-0.2, -0.15) is 0 Å². The van der Waals surface area contributed by atoms with Gasteiger partial charge in [0.25, 0.3) is 0 Å². The molecular weight excluding hydrogens is 294 g/mol. The minimum Gasteiger partial charge on any atom is -0.315 e. The van der Waals surface area contributed by atoms with Crippen molar-refractivity contribution < 1.29 is 4.79 Å². The molecule has 0 bridgehead atoms. The maximum Gasteiger partial charge on any atom is 0.227 e. The van der Waals surface area contributed by atoms with Crippen LogP contribution in [0.3, 0.4) is 0 Å². The topological polar surface area (TPSA) is 46.1 Å². The summed E-state index contributed by atoms with van der Waals surface area (Å²) in [5.41, 5.74) is 3.92. The molecular formula is C17H21N3OS. The summed E-state index contributed by atoms with van der Waals surface area (Å²) in [5.74, 6) is 0.0962. The SMILES string of the molecule is CSc1nc(C)c(CCC(=O)N(C)c2ccccc2)c(C)n1. The fourth-order valence-corrected chi connectivity index (χ4v) is 2.81. The maximum atomic E-state index is 12.3. The highest BCUT2D eigenvalue weighted by Gasteiger charge is 2.14. The first-order chi connectivity index (χ1) is 10.5. The number of hydrogen-bond acceptors (Lipinski definition) is 4. The Labute approximate surface area is 136 Å². The Balaban J connectivity index is 2.05. The van der Waals surface area contributed by atoms with Gasteiger partial charge in [0.15, 0.2) is 5.16 Å². The number of para-hydroxylation sites is 1. The number of thioether (sulfide) groups is 1. The molecule has 1 aromatic carbocycles. The highest BCUT2D eigenvalue weighted by Crippen LogP contribution is 2.18. The van der Waals surface area contributed by atoms with Gasteiger partial charge >= 0.3 is 0 Å². The first-order valence-electron chi connectivity index (χ1n) is 7.22. The van der Waals surface area contributed by atoms with Crippen LogP contribution in [0.25, 0.3) is 0 Å². The summed E-state index contributed by atoms with van der Waals surface area (Å²) < 4.78 is 0. The predicted octanol–water partition coefficient (Wildman–Crippen LogP) is 3.41. The number of amides is 1. The van der Waals surface area contributed by atoms with E-state index < -0.39 is 0 Å². The lowest BCUT2D eigenvalue weighted by atomic mass is 10.1. The standard InChI is InChI=1S/C17H21N3OS/c1-12-15(13(2)19-17(18-12)22-4)10-11-16(21)20(3)14-8-6-5-7-9-14/h5-9H,10-11H2,1-4H3. The van der Waals surface area contributed by atoms with E-state index in [1.54, 1.807) is 4.90 Å². The monoisotopic (exact) mass is 315 g/mol. The van der Waals surface area contributed by atoms with E-state index in [0.717, 1.165) is 27.8 Å². The largest absolute Gasteiger partial charge is 0.315 e. The van der Waals surface area contributed by atoms with Gasteiger partial charge in [0, 0.05) is 30.5 Å². The first-order valence-corrected chi connectivity index (χ1v) is 8.45. The van der Waals surface area contributed by atoms with Crippen molar-refractivity contribution in [2.24, 2.45) is 0 Å². The molecule has 2 rings (SSSR count). The fourth-order valence-electron chi connectivity index (χ4n) is 2.36. The zero-order valence-electron chi connectivity index (χ0n) is 13.5. The summed E-state index contributed by atoms with van der Waals surface area (Å²) in [6, 6.07) is 9.68. The van der Waals surface area contributed by atoms with Crippen LogP contribution in [0, 0.1) is 13.8 Å². The summed E-state index contributed by atoms with van der Waals surface area (Å²) >= 11 is 1.54. The predicted molar refractivity (Wildman–Crippen MR) is 91.5 cm³/mol. The van der Waals surface area contributed by atoms with Gasteiger partial charge in [-0.1, -0.05) is 30.0 Å². The molecule has 1 heterocycles. The Bertz CT molecular complexity index is 635. The van der Waals surface area contributed by atoms with E-state index in [1.807, 2.05) is 57.5 Å². The highest BCUT2D eigenvalue weighted by atomic mass is 32.2. The van der Waals surface area contributed by atoms with E-state index in [2.05, 4.69) is 9.97 Å².